The van der Waals surface area contributed by atoms with Crippen molar-refractivity contribution in [1.82, 2.24) is 21.3 Å². The summed E-state index contributed by atoms with van der Waals surface area (Å²) in [6, 6.07) is -7.25. The molecule has 0 bridgehead atoms. The number of carboxylic acid groups (broad SMARTS) is 2. The van der Waals surface area contributed by atoms with Crippen molar-refractivity contribution in [1.29, 1.82) is 0 Å². The number of hydrogen-bond donors (Lipinski definition) is 23. The van der Waals surface area contributed by atoms with Gasteiger partial charge >= 0.3 is 11.9 Å². The number of carboxylic acids is 2. The van der Waals surface area contributed by atoms with Gasteiger partial charge in [-0.15, -0.1) is 0 Å². The minimum Gasteiger partial charge on any atom is -0.477 e. The predicted octanol–water partition coefficient (Wildman–Crippen LogP) is -13.3. The maximum Gasteiger partial charge on any atom is 0.364 e. The fraction of sp³-hybridized carbons (Fsp3) is 0.891. The average Bonchev–Trinajstić information content (AvgIpc) is 1.48. The Morgan fingerprint density at radius 1 is 0.500 bits per heavy atom. The lowest BCUT2D eigenvalue weighted by atomic mass is 9.88. The Morgan fingerprint density at radius 3 is 1.54 bits per heavy atom. The molecule has 0 aromatic rings. The third-order valence-electron chi connectivity index (χ3n) is 17.6. The number of nitrogens with two attached hydrogens (primary N) is 1. The molecule has 96 heavy (non-hydrogen) atoms. The van der Waals surface area contributed by atoms with Gasteiger partial charge in [0.15, 0.2) is 25.2 Å². The summed E-state index contributed by atoms with van der Waals surface area (Å²) in [6.07, 6.45) is -55.5. The fourth-order valence-electron chi connectivity index (χ4n) is 12.6. The Kier molecular flexibility index (Phi) is 27.9. The number of aliphatic hydroxyl groups excluding tert-OH is 16. The molecule has 552 valence electrons. The largest absolute Gasteiger partial charge is 0.477 e. The maximum absolute atomic E-state index is 13.8. The van der Waals surface area contributed by atoms with E-state index in [-0.39, 0.29) is 6.61 Å². The SMILES string of the molecule is CC(=O)N[C@@H]1C(O[C@H]2C(CO)O[C@@H](O[C@H]3[C@H](O)C(CO[C@]4(C(=O)O)C[C@@H](O)[C@@H](NC(C)=O)C(C5C(O)[C@H]5O)O4)OC(O[C@@H]4[C@H](O)C(OCCCCCN)OC(CO)[C@@H]4O)[C@H]3NC(C)=O)[C@@H](O)C2O[C@@]2(C(=O)O)C[C@H](O)[C@H](NC(C)=O)C([C@H](O)[C@H](O)CO)O2)OC(CO)[C@H](O)[C@@H]1O. The summed E-state index contributed by atoms with van der Waals surface area (Å²) >= 11 is 0. The molecule has 7 fully saturated rings. The number of carbonyl (C=O) groups is 6. The summed E-state index contributed by atoms with van der Waals surface area (Å²) in [5, 5.41) is 210. The molecule has 0 aromatic carbocycles. The van der Waals surface area contributed by atoms with Crippen LogP contribution in [0.2, 0.25) is 0 Å². The Morgan fingerprint density at radius 2 is 0.979 bits per heavy atom. The molecule has 7 rings (SSSR count). The van der Waals surface area contributed by atoms with E-state index in [0.29, 0.717) is 25.8 Å². The zero-order valence-corrected chi connectivity index (χ0v) is 52.4. The molecule has 6 aliphatic heterocycles. The van der Waals surface area contributed by atoms with E-state index in [1.807, 2.05) is 0 Å². The van der Waals surface area contributed by atoms with Gasteiger partial charge in [-0.25, -0.2) is 9.59 Å². The van der Waals surface area contributed by atoms with Gasteiger partial charge in [-0.3, -0.25) is 19.2 Å². The molecular formula is C55H91N5O36. The topological polar surface area (TPSA) is 651 Å². The Hall–Kier alpha value is -4.34. The highest BCUT2D eigenvalue weighted by molar-refractivity contribution is 5.78. The highest BCUT2D eigenvalue weighted by Crippen LogP contribution is 2.45. The number of ether oxygens (including phenoxy) is 12. The average molecular weight is 1400 g/mol. The molecule has 1 aliphatic carbocycles. The molecule has 41 nitrogen and oxygen atoms in total. The first-order chi connectivity index (χ1) is 45.2. The minimum atomic E-state index is -3.47. The number of rotatable bonds is 30. The van der Waals surface area contributed by atoms with Crippen LogP contribution in [0.4, 0.5) is 0 Å². The summed E-state index contributed by atoms with van der Waals surface area (Å²) in [6.45, 7) is -1.77. The van der Waals surface area contributed by atoms with Crippen molar-refractivity contribution in [3.05, 3.63) is 0 Å². The van der Waals surface area contributed by atoms with Gasteiger partial charge in [-0.1, -0.05) is 0 Å². The lowest BCUT2D eigenvalue weighted by molar-refractivity contribution is -0.400. The summed E-state index contributed by atoms with van der Waals surface area (Å²) < 4.78 is 72.2. The second kappa shape index (κ2) is 33.9. The van der Waals surface area contributed by atoms with E-state index in [1.54, 1.807) is 0 Å². The standard InChI is InChI=1S/C55H91N5O36/c1-17(65)57-29-21(69)10-54(52(81)82,94-43(29)28-37(76)38(28)77)86-16-27-36(75)44(32(60-20(4)68)49(90-27)93-46-35(74)25(14-63)88-50(40(46)79)85-9-7-5-6-8-56)92-51-41(80)47(42(26(15-64)89-51)91-48-31(59-19(3)67)39(78)34(73)24(13-62)87-48)96-55(53(83)84)11-22(70)30(58-18(2)66)45(95-55)33(72)23(71)12-61/h21-51,61-64,69-80H,5-16,56H2,1-4H3,(H,57,65)(H,58,66)(H,59,67)(H,60,68)(H,81,82)(H,83,84)/t21-,22+,23-,24?,25?,26?,27?,28?,29-,30+,31+,32+,33-,34+,35+,36-,37+,38?,39-,40+,41+,42+,43?,44-,45?,46+,47?,48?,49?,50?,51+,54-,55-/m1/s1. The van der Waals surface area contributed by atoms with E-state index in [1.165, 1.54) is 0 Å². The molecule has 4 amide bonds. The normalized spacial score (nSPS) is 44.0. The predicted molar refractivity (Wildman–Crippen MR) is 303 cm³/mol. The molecule has 0 radical (unpaired) electrons. The summed E-state index contributed by atoms with van der Waals surface area (Å²) in [4.78, 5) is 78.0. The van der Waals surface area contributed by atoms with Gasteiger partial charge in [0.1, 0.15) is 116 Å². The first kappa shape index (κ1) is 79.0. The van der Waals surface area contributed by atoms with Gasteiger partial charge < -0.3 is 176 Å². The van der Waals surface area contributed by atoms with Gasteiger partial charge in [0.25, 0.3) is 11.6 Å². The fourth-order valence-corrected chi connectivity index (χ4v) is 12.6. The second-order valence-electron chi connectivity index (χ2n) is 24.6. The van der Waals surface area contributed by atoms with Gasteiger partial charge in [0, 0.05) is 53.1 Å². The first-order valence-corrected chi connectivity index (χ1v) is 31.0. The van der Waals surface area contributed by atoms with Crippen molar-refractivity contribution in [3.8, 4) is 0 Å². The van der Waals surface area contributed by atoms with Gasteiger partial charge in [0.2, 0.25) is 23.6 Å². The van der Waals surface area contributed by atoms with Crippen molar-refractivity contribution >= 4 is 35.6 Å². The molecule has 41 heteroatoms. The molecule has 12 unspecified atom stereocenters. The van der Waals surface area contributed by atoms with E-state index in [4.69, 9.17) is 62.6 Å². The monoisotopic (exact) mass is 1400 g/mol. The van der Waals surface area contributed by atoms with Crippen molar-refractivity contribution in [2.45, 2.75) is 255 Å². The smallest absolute Gasteiger partial charge is 0.364 e. The number of carbonyl (C=O) groups excluding carboxylic acids is 4. The van der Waals surface area contributed by atoms with Crippen molar-refractivity contribution < 1.29 is 178 Å². The number of amides is 4. The van der Waals surface area contributed by atoms with Crippen LogP contribution in [0.5, 0.6) is 0 Å². The van der Waals surface area contributed by atoms with Crippen LogP contribution in [-0.2, 0) is 85.6 Å². The highest BCUT2D eigenvalue weighted by atomic mass is 16.8. The van der Waals surface area contributed by atoms with E-state index in [9.17, 15) is 121 Å². The lowest BCUT2D eigenvalue weighted by Gasteiger charge is -2.53. The quantitative estimate of drug-likeness (QED) is 0.0297. The van der Waals surface area contributed by atoms with Crippen LogP contribution >= 0.6 is 0 Å². The van der Waals surface area contributed by atoms with E-state index in [0.717, 1.165) is 27.7 Å². The van der Waals surface area contributed by atoms with Crippen LogP contribution in [0, 0.1) is 5.92 Å². The molecule has 6 heterocycles. The maximum atomic E-state index is 13.8. The first-order valence-electron chi connectivity index (χ1n) is 31.0. The van der Waals surface area contributed by atoms with Crippen LogP contribution in [0.25, 0.3) is 0 Å². The van der Waals surface area contributed by atoms with Crippen LogP contribution in [0.1, 0.15) is 59.8 Å². The number of nitrogens with one attached hydrogen (secondary N) is 4. The van der Waals surface area contributed by atoms with Crippen molar-refractivity contribution in [3.63, 3.8) is 0 Å². The molecule has 0 aromatic heterocycles. The van der Waals surface area contributed by atoms with Crippen molar-refractivity contribution in [2.24, 2.45) is 11.7 Å². The molecule has 33 atom stereocenters. The Balaban J connectivity index is 1.34. The summed E-state index contributed by atoms with van der Waals surface area (Å²) in [5.74, 6) is -15.7. The third kappa shape index (κ3) is 17.7. The Labute approximate surface area is 546 Å². The van der Waals surface area contributed by atoms with Gasteiger partial charge in [-0.2, -0.15) is 0 Å². The molecule has 1 saturated carbocycles. The number of unbranched alkanes of at least 4 members (excludes halogenated alkanes) is 2. The van der Waals surface area contributed by atoms with Gasteiger partial charge in [0.05, 0.1) is 75.6 Å². The summed E-state index contributed by atoms with van der Waals surface area (Å²) in [7, 11) is 0. The number of aliphatic carboxylic acids is 2. The van der Waals surface area contributed by atoms with E-state index >= 15 is 0 Å². The molecule has 24 N–H and O–H groups in total. The molecular weight excluding hydrogens is 1310 g/mol. The third-order valence-corrected chi connectivity index (χ3v) is 17.6. The summed E-state index contributed by atoms with van der Waals surface area (Å²) in [5.41, 5.74) is 5.62. The zero-order valence-electron chi connectivity index (χ0n) is 52.4. The van der Waals surface area contributed by atoms with Gasteiger partial charge in [-0.05, 0) is 25.8 Å². The molecule has 0 spiro atoms. The van der Waals surface area contributed by atoms with Crippen LogP contribution in [0.15, 0.2) is 0 Å². The molecule has 6 saturated heterocycles. The van der Waals surface area contributed by atoms with E-state index < -0.39 is 283 Å². The zero-order chi connectivity index (χ0) is 71.2. The van der Waals surface area contributed by atoms with Crippen LogP contribution < -0.4 is 27.0 Å². The van der Waals surface area contributed by atoms with Crippen LogP contribution in [-0.4, -0.2) is 369 Å². The van der Waals surface area contributed by atoms with Crippen molar-refractivity contribution in [2.75, 3.05) is 46.2 Å². The second-order valence-corrected chi connectivity index (χ2v) is 24.6. The number of aliphatic hydroxyl groups is 16. The lowest BCUT2D eigenvalue weighted by Crippen LogP contribution is -2.72. The van der Waals surface area contributed by atoms with E-state index in [2.05, 4.69) is 21.3 Å². The highest BCUT2D eigenvalue weighted by Gasteiger charge is 2.66. The Bertz CT molecular complexity index is 2590. The number of hydrogen-bond acceptors (Lipinski definition) is 35. The minimum absolute atomic E-state index is 0.0912. The van der Waals surface area contributed by atoms with Crippen LogP contribution in [0.3, 0.4) is 0 Å². The molecule has 7 aliphatic rings.